The van der Waals surface area contributed by atoms with E-state index >= 15 is 0 Å². The van der Waals surface area contributed by atoms with Gasteiger partial charge in [-0.15, -0.1) is 0 Å². The van der Waals surface area contributed by atoms with Crippen LogP contribution in [0.1, 0.15) is 6.42 Å². The molecule has 0 aliphatic heterocycles. The van der Waals surface area contributed by atoms with Gasteiger partial charge in [0.1, 0.15) is 18.8 Å². The lowest BCUT2D eigenvalue weighted by Crippen LogP contribution is -2.12. The molecule has 1 amide bonds. The third-order valence-electron chi connectivity index (χ3n) is 1.75. The minimum atomic E-state index is -0.387. The van der Waals surface area contributed by atoms with Crippen molar-refractivity contribution in [3.05, 3.63) is 24.3 Å². The van der Waals surface area contributed by atoms with E-state index in [4.69, 9.17) is 15.1 Å². The summed E-state index contributed by atoms with van der Waals surface area (Å²) in [5.74, 6) is 0.0883. The number of nitriles is 1. The number of benzene rings is 1. The summed E-state index contributed by atoms with van der Waals surface area (Å²) in [6.45, 7) is 0.0611. The number of carbonyl (C=O) groups excluding carboxylic acids is 1. The van der Waals surface area contributed by atoms with Crippen LogP contribution in [0.3, 0.4) is 0 Å². The molecule has 5 heteroatoms. The van der Waals surface area contributed by atoms with Gasteiger partial charge in [0.2, 0.25) is 5.91 Å². The molecule has 1 aromatic rings. The van der Waals surface area contributed by atoms with E-state index in [1.807, 2.05) is 0 Å². The van der Waals surface area contributed by atoms with Crippen molar-refractivity contribution in [2.24, 2.45) is 0 Å². The molecule has 1 rings (SSSR count). The van der Waals surface area contributed by atoms with E-state index in [2.05, 4.69) is 5.32 Å². The highest BCUT2D eigenvalue weighted by Gasteiger charge is 2.06. The molecule has 0 bridgehead atoms. The summed E-state index contributed by atoms with van der Waals surface area (Å²) in [5.41, 5.74) is 0.496. The number of hydrogen-bond donors (Lipinski definition) is 2. The van der Waals surface area contributed by atoms with Crippen molar-refractivity contribution in [2.45, 2.75) is 6.42 Å². The number of hydrogen-bond acceptors (Lipinski definition) is 4. The standard InChI is InChI=1S/C11H12N2O3/c12-6-5-11(15)13-9-3-1-2-4-10(9)16-8-7-14/h1-4,14H,5,7-8H2,(H,13,15). The Morgan fingerprint density at radius 2 is 2.25 bits per heavy atom. The largest absolute Gasteiger partial charge is 0.489 e. The molecule has 84 valence electrons. The highest BCUT2D eigenvalue weighted by Crippen LogP contribution is 2.23. The number of nitrogens with zero attached hydrogens (tertiary/aromatic N) is 1. The normalized spacial score (nSPS) is 9.25. The van der Waals surface area contributed by atoms with Gasteiger partial charge in [0.25, 0.3) is 0 Å². The number of aliphatic hydroxyl groups excluding tert-OH is 1. The van der Waals surface area contributed by atoms with Gasteiger partial charge >= 0.3 is 0 Å². The first-order valence-corrected chi connectivity index (χ1v) is 4.77. The summed E-state index contributed by atoms with van der Waals surface area (Å²) in [4.78, 5) is 11.2. The van der Waals surface area contributed by atoms with E-state index in [-0.39, 0.29) is 25.5 Å². The quantitative estimate of drug-likeness (QED) is 0.772. The lowest BCUT2D eigenvalue weighted by atomic mass is 10.3. The molecule has 0 radical (unpaired) electrons. The molecule has 0 unspecified atom stereocenters. The summed E-state index contributed by atoms with van der Waals surface area (Å²) in [5, 5.41) is 19.5. The monoisotopic (exact) mass is 220 g/mol. The number of ether oxygens (including phenoxy) is 1. The first kappa shape index (κ1) is 12.0. The Labute approximate surface area is 93.3 Å². The van der Waals surface area contributed by atoms with Crippen molar-refractivity contribution in [3.8, 4) is 11.8 Å². The van der Waals surface area contributed by atoms with Crippen LogP contribution >= 0.6 is 0 Å². The van der Waals surface area contributed by atoms with E-state index in [9.17, 15) is 4.79 Å². The number of rotatable bonds is 5. The minimum absolute atomic E-state index is 0.0967. The number of amides is 1. The number of nitrogens with one attached hydrogen (secondary N) is 1. The molecule has 5 nitrogen and oxygen atoms in total. The smallest absolute Gasteiger partial charge is 0.238 e. The van der Waals surface area contributed by atoms with Gasteiger partial charge in [-0.1, -0.05) is 12.1 Å². The van der Waals surface area contributed by atoms with Crippen molar-refractivity contribution >= 4 is 11.6 Å². The number of para-hydroxylation sites is 2. The van der Waals surface area contributed by atoms with Crippen LogP contribution in [0.25, 0.3) is 0 Å². The van der Waals surface area contributed by atoms with Gasteiger partial charge in [0, 0.05) is 0 Å². The van der Waals surface area contributed by atoms with Crippen molar-refractivity contribution in [3.63, 3.8) is 0 Å². The maximum atomic E-state index is 11.2. The van der Waals surface area contributed by atoms with Gasteiger partial charge in [-0.25, -0.2) is 0 Å². The fourth-order valence-electron chi connectivity index (χ4n) is 1.12. The number of carbonyl (C=O) groups is 1. The molecule has 0 saturated carbocycles. The molecule has 0 atom stereocenters. The van der Waals surface area contributed by atoms with Crippen LogP contribution in [-0.4, -0.2) is 24.2 Å². The first-order valence-electron chi connectivity index (χ1n) is 4.77. The van der Waals surface area contributed by atoms with Crippen LogP contribution in [-0.2, 0) is 4.79 Å². The zero-order valence-corrected chi connectivity index (χ0v) is 8.64. The molecule has 2 N–H and O–H groups in total. The topological polar surface area (TPSA) is 82.4 Å². The maximum Gasteiger partial charge on any atom is 0.238 e. The molecule has 0 aromatic heterocycles. The SMILES string of the molecule is N#CCC(=O)Nc1ccccc1OCCO. The van der Waals surface area contributed by atoms with Gasteiger partial charge in [0.05, 0.1) is 18.4 Å². The van der Waals surface area contributed by atoms with Crippen LogP contribution in [0.5, 0.6) is 5.75 Å². The second-order valence-corrected chi connectivity index (χ2v) is 2.95. The average molecular weight is 220 g/mol. The molecule has 0 fully saturated rings. The van der Waals surface area contributed by atoms with Crippen LogP contribution in [0.15, 0.2) is 24.3 Å². The van der Waals surface area contributed by atoms with Crippen LogP contribution in [0.4, 0.5) is 5.69 Å². The Balaban J connectivity index is 2.71. The average Bonchev–Trinajstić information content (AvgIpc) is 2.28. The summed E-state index contributed by atoms with van der Waals surface area (Å²) in [6, 6.07) is 8.60. The second kappa shape index (κ2) is 6.43. The van der Waals surface area contributed by atoms with Gasteiger partial charge in [-0.05, 0) is 12.1 Å². The van der Waals surface area contributed by atoms with Crippen molar-refractivity contribution < 1.29 is 14.6 Å². The number of anilines is 1. The first-order chi connectivity index (χ1) is 7.77. The molecular weight excluding hydrogens is 208 g/mol. The van der Waals surface area contributed by atoms with Gasteiger partial charge in [0.15, 0.2) is 0 Å². The van der Waals surface area contributed by atoms with E-state index < -0.39 is 0 Å². The summed E-state index contributed by atoms with van der Waals surface area (Å²) >= 11 is 0. The van der Waals surface area contributed by atoms with E-state index in [1.165, 1.54) is 0 Å². The van der Waals surface area contributed by atoms with Crippen molar-refractivity contribution in [1.82, 2.24) is 0 Å². The van der Waals surface area contributed by atoms with Crippen molar-refractivity contribution in [1.29, 1.82) is 5.26 Å². The molecule has 0 aliphatic carbocycles. The summed E-state index contributed by atoms with van der Waals surface area (Å²) < 4.78 is 5.22. The second-order valence-electron chi connectivity index (χ2n) is 2.95. The lowest BCUT2D eigenvalue weighted by Gasteiger charge is -2.10. The highest BCUT2D eigenvalue weighted by atomic mass is 16.5. The minimum Gasteiger partial charge on any atom is -0.489 e. The Hall–Kier alpha value is -2.06. The molecule has 0 saturated heterocycles. The predicted molar refractivity (Wildman–Crippen MR) is 57.9 cm³/mol. The third-order valence-corrected chi connectivity index (χ3v) is 1.75. The van der Waals surface area contributed by atoms with Crippen LogP contribution in [0.2, 0.25) is 0 Å². The summed E-state index contributed by atoms with van der Waals surface area (Å²) in [7, 11) is 0. The fourth-order valence-corrected chi connectivity index (χ4v) is 1.12. The van der Waals surface area contributed by atoms with Crippen molar-refractivity contribution in [2.75, 3.05) is 18.5 Å². The van der Waals surface area contributed by atoms with E-state index in [1.54, 1.807) is 30.3 Å². The molecule has 0 aliphatic rings. The fraction of sp³-hybridized carbons (Fsp3) is 0.273. The molecule has 16 heavy (non-hydrogen) atoms. The lowest BCUT2D eigenvalue weighted by molar-refractivity contribution is -0.115. The van der Waals surface area contributed by atoms with Gasteiger partial charge < -0.3 is 15.2 Å². The Morgan fingerprint density at radius 3 is 2.94 bits per heavy atom. The Bertz CT molecular complexity index is 398. The summed E-state index contributed by atoms with van der Waals surface area (Å²) in [6.07, 6.45) is -0.200. The zero-order valence-electron chi connectivity index (χ0n) is 8.64. The molecule has 0 heterocycles. The zero-order chi connectivity index (χ0) is 11.8. The Kier molecular flexibility index (Phi) is 4.83. The highest BCUT2D eigenvalue weighted by molar-refractivity contribution is 5.93. The molecular formula is C11H12N2O3. The van der Waals surface area contributed by atoms with E-state index in [0.717, 1.165) is 0 Å². The predicted octanol–water partition coefficient (Wildman–Crippen LogP) is 0.910. The van der Waals surface area contributed by atoms with E-state index in [0.29, 0.717) is 11.4 Å². The third kappa shape index (κ3) is 3.59. The van der Waals surface area contributed by atoms with Gasteiger partial charge in [-0.3, -0.25) is 4.79 Å². The molecule has 0 spiro atoms. The molecule has 1 aromatic carbocycles. The maximum absolute atomic E-state index is 11.2. The van der Waals surface area contributed by atoms with Gasteiger partial charge in [-0.2, -0.15) is 5.26 Å². The van der Waals surface area contributed by atoms with Crippen LogP contribution < -0.4 is 10.1 Å². The Morgan fingerprint density at radius 1 is 1.50 bits per heavy atom. The number of aliphatic hydroxyl groups is 1. The van der Waals surface area contributed by atoms with Crippen LogP contribution in [0, 0.1) is 11.3 Å².